The summed E-state index contributed by atoms with van der Waals surface area (Å²) in [6, 6.07) is 3.26. The summed E-state index contributed by atoms with van der Waals surface area (Å²) in [6.07, 6.45) is 4.91. The molecular formula is C21H22F2N4O2. The Hall–Kier alpha value is -3.03. The molecule has 0 spiro atoms. The van der Waals surface area contributed by atoms with Crippen LogP contribution in [0.3, 0.4) is 0 Å². The number of aryl methyl sites for hydroxylation is 2. The lowest BCUT2D eigenvalue weighted by Crippen LogP contribution is -2.31. The minimum absolute atomic E-state index is 0.0661. The molecule has 1 aromatic carbocycles. The van der Waals surface area contributed by atoms with E-state index in [1.807, 2.05) is 13.8 Å². The fourth-order valence-electron chi connectivity index (χ4n) is 3.93. The number of hydrogen-bond acceptors (Lipinski definition) is 4. The van der Waals surface area contributed by atoms with Gasteiger partial charge >= 0.3 is 0 Å². The van der Waals surface area contributed by atoms with Crippen molar-refractivity contribution in [1.29, 1.82) is 0 Å². The first-order valence-corrected chi connectivity index (χ1v) is 9.67. The van der Waals surface area contributed by atoms with Gasteiger partial charge in [0, 0.05) is 29.3 Å². The first-order valence-electron chi connectivity index (χ1n) is 9.67. The van der Waals surface area contributed by atoms with Gasteiger partial charge in [0.25, 0.3) is 0 Å². The van der Waals surface area contributed by atoms with Crippen LogP contribution < -0.4 is 5.32 Å². The topological polar surface area (TPSA) is 73.0 Å². The van der Waals surface area contributed by atoms with Gasteiger partial charge in [-0.15, -0.1) is 0 Å². The number of amides is 1. The van der Waals surface area contributed by atoms with E-state index in [0.29, 0.717) is 12.8 Å². The molecule has 0 saturated heterocycles. The Balaban J connectivity index is 1.49. The number of nitrogens with one attached hydrogen (secondary N) is 1. The summed E-state index contributed by atoms with van der Waals surface area (Å²) in [6.45, 7) is 3.70. The van der Waals surface area contributed by atoms with Crippen LogP contribution in [0.5, 0.6) is 0 Å². The largest absolute Gasteiger partial charge is 0.361 e. The third kappa shape index (κ3) is 3.79. The number of nitrogens with zero attached hydrogens (tertiary/aromatic N) is 3. The summed E-state index contributed by atoms with van der Waals surface area (Å²) in [5.74, 6) is -0.626. The zero-order valence-electron chi connectivity index (χ0n) is 16.3. The molecule has 0 unspecified atom stereocenters. The fraction of sp³-hybridized carbons (Fsp3) is 0.381. The molecule has 29 heavy (non-hydrogen) atoms. The van der Waals surface area contributed by atoms with Gasteiger partial charge in [-0.25, -0.2) is 13.5 Å². The van der Waals surface area contributed by atoms with Gasteiger partial charge in [-0.2, -0.15) is 5.10 Å². The van der Waals surface area contributed by atoms with Crippen molar-refractivity contribution in [1.82, 2.24) is 20.3 Å². The SMILES string of the molecule is Cc1noc(C)c1CCC(=O)N[C@@H]1CCCc2c1cnn2-c1ccc(F)cc1F. The minimum Gasteiger partial charge on any atom is -0.361 e. The van der Waals surface area contributed by atoms with Gasteiger partial charge in [0.1, 0.15) is 17.3 Å². The fourth-order valence-corrected chi connectivity index (χ4v) is 3.93. The molecule has 1 N–H and O–H groups in total. The van der Waals surface area contributed by atoms with Crippen molar-refractivity contribution in [2.45, 2.75) is 52.0 Å². The van der Waals surface area contributed by atoms with Crippen LogP contribution in [0.4, 0.5) is 8.78 Å². The highest BCUT2D eigenvalue weighted by atomic mass is 19.1. The molecule has 1 amide bonds. The Bertz CT molecular complexity index is 1040. The Kier molecular flexibility index (Phi) is 5.17. The summed E-state index contributed by atoms with van der Waals surface area (Å²) < 4.78 is 34.1. The first kappa shape index (κ1) is 19.3. The van der Waals surface area contributed by atoms with Crippen molar-refractivity contribution in [2.75, 3.05) is 0 Å². The second-order valence-corrected chi connectivity index (χ2v) is 7.37. The number of carbonyl (C=O) groups excluding carboxylic acids is 1. The number of hydrogen-bond donors (Lipinski definition) is 1. The maximum atomic E-state index is 14.2. The third-order valence-electron chi connectivity index (χ3n) is 5.44. The number of halogens is 2. The molecule has 2 heterocycles. The maximum Gasteiger partial charge on any atom is 0.220 e. The lowest BCUT2D eigenvalue weighted by atomic mass is 9.92. The Morgan fingerprint density at radius 3 is 2.90 bits per heavy atom. The van der Waals surface area contributed by atoms with Crippen LogP contribution in [0.15, 0.2) is 28.9 Å². The van der Waals surface area contributed by atoms with E-state index < -0.39 is 11.6 Å². The zero-order valence-corrected chi connectivity index (χ0v) is 16.3. The van der Waals surface area contributed by atoms with E-state index in [0.717, 1.165) is 53.6 Å². The van der Waals surface area contributed by atoms with Gasteiger partial charge in [-0.3, -0.25) is 4.79 Å². The highest BCUT2D eigenvalue weighted by Gasteiger charge is 2.27. The number of benzene rings is 1. The Morgan fingerprint density at radius 1 is 1.34 bits per heavy atom. The molecule has 152 valence electrons. The van der Waals surface area contributed by atoms with E-state index in [2.05, 4.69) is 15.6 Å². The summed E-state index contributed by atoms with van der Waals surface area (Å²) >= 11 is 0. The number of aromatic nitrogens is 3. The monoisotopic (exact) mass is 400 g/mol. The second-order valence-electron chi connectivity index (χ2n) is 7.37. The molecule has 1 aliphatic rings. The van der Waals surface area contributed by atoms with Crippen LogP contribution in [-0.2, 0) is 17.6 Å². The van der Waals surface area contributed by atoms with Crippen molar-refractivity contribution >= 4 is 5.91 Å². The van der Waals surface area contributed by atoms with Gasteiger partial charge in [0.15, 0.2) is 5.82 Å². The van der Waals surface area contributed by atoms with Crippen molar-refractivity contribution in [3.63, 3.8) is 0 Å². The quantitative estimate of drug-likeness (QED) is 0.705. The summed E-state index contributed by atoms with van der Waals surface area (Å²) in [5, 5.41) is 11.3. The van der Waals surface area contributed by atoms with Gasteiger partial charge in [0.2, 0.25) is 5.91 Å². The number of rotatable bonds is 5. The van der Waals surface area contributed by atoms with Gasteiger partial charge in [-0.05, 0) is 51.7 Å². The molecule has 3 aromatic rings. The predicted molar refractivity (Wildman–Crippen MR) is 102 cm³/mol. The third-order valence-corrected chi connectivity index (χ3v) is 5.44. The lowest BCUT2D eigenvalue weighted by Gasteiger charge is -2.24. The van der Waals surface area contributed by atoms with Crippen LogP contribution in [0.2, 0.25) is 0 Å². The van der Waals surface area contributed by atoms with Crippen molar-refractivity contribution in [3.05, 3.63) is 64.3 Å². The summed E-state index contributed by atoms with van der Waals surface area (Å²) in [5.41, 5.74) is 3.70. The normalized spacial score (nSPS) is 15.9. The van der Waals surface area contributed by atoms with Crippen molar-refractivity contribution in [3.8, 4) is 5.69 Å². The molecule has 0 radical (unpaired) electrons. The molecular weight excluding hydrogens is 378 g/mol. The molecule has 1 atom stereocenters. The van der Waals surface area contributed by atoms with E-state index >= 15 is 0 Å². The van der Waals surface area contributed by atoms with Gasteiger partial charge in [0.05, 0.1) is 17.9 Å². The van der Waals surface area contributed by atoms with Crippen LogP contribution in [-0.4, -0.2) is 20.8 Å². The molecule has 1 aliphatic carbocycles. The van der Waals surface area contributed by atoms with E-state index in [4.69, 9.17) is 4.52 Å². The average molecular weight is 400 g/mol. The van der Waals surface area contributed by atoms with Crippen LogP contribution in [0, 0.1) is 25.5 Å². The summed E-state index contributed by atoms with van der Waals surface area (Å²) in [7, 11) is 0. The van der Waals surface area contributed by atoms with Crippen molar-refractivity contribution < 1.29 is 18.1 Å². The zero-order chi connectivity index (χ0) is 20.5. The molecule has 2 aromatic heterocycles. The van der Waals surface area contributed by atoms with Gasteiger partial charge < -0.3 is 9.84 Å². The highest BCUT2D eigenvalue weighted by molar-refractivity contribution is 5.76. The lowest BCUT2D eigenvalue weighted by molar-refractivity contribution is -0.121. The van der Waals surface area contributed by atoms with Crippen molar-refractivity contribution in [2.24, 2.45) is 0 Å². The Labute approximate surface area is 166 Å². The van der Waals surface area contributed by atoms with E-state index in [9.17, 15) is 13.6 Å². The predicted octanol–water partition coefficient (Wildman–Crippen LogP) is 3.88. The minimum atomic E-state index is -0.665. The number of carbonyl (C=O) groups is 1. The molecule has 0 aliphatic heterocycles. The average Bonchev–Trinajstić information content (AvgIpc) is 3.24. The van der Waals surface area contributed by atoms with E-state index in [1.54, 1.807) is 6.20 Å². The standard InChI is InChI=1S/C21H22F2N4O2/c1-12-15(13(2)29-26-12)7-9-21(28)25-18-4-3-5-19-16(18)11-24-27(19)20-8-6-14(22)10-17(20)23/h6,8,10-11,18H,3-5,7,9H2,1-2H3,(H,25,28)/t18-/m1/s1. The summed E-state index contributed by atoms with van der Waals surface area (Å²) in [4.78, 5) is 12.5. The maximum absolute atomic E-state index is 14.2. The highest BCUT2D eigenvalue weighted by Crippen LogP contribution is 2.31. The van der Waals surface area contributed by atoms with E-state index in [1.165, 1.54) is 16.8 Å². The smallest absolute Gasteiger partial charge is 0.220 e. The Morgan fingerprint density at radius 2 is 2.17 bits per heavy atom. The first-order chi connectivity index (χ1) is 13.9. The number of fused-ring (bicyclic) bond motifs is 1. The van der Waals surface area contributed by atoms with E-state index in [-0.39, 0.29) is 17.6 Å². The van der Waals surface area contributed by atoms with Crippen LogP contribution in [0.25, 0.3) is 5.69 Å². The molecule has 6 nitrogen and oxygen atoms in total. The molecule has 0 fully saturated rings. The molecule has 0 bridgehead atoms. The van der Waals surface area contributed by atoms with Crippen LogP contribution in [0.1, 0.15) is 53.6 Å². The molecule has 8 heteroatoms. The molecule has 0 saturated carbocycles. The second kappa shape index (κ2) is 7.77. The van der Waals surface area contributed by atoms with Gasteiger partial charge in [-0.1, -0.05) is 5.16 Å². The van der Waals surface area contributed by atoms with Crippen LogP contribution >= 0.6 is 0 Å². The molecule has 4 rings (SSSR count).